The van der Waals surface area contributed by atoms with E-state index in [-0.39, 0.29) is 5.91 Å². The molecule has 1 amide bonds. The van der Waals surface area contributed by atoms with Gasteiger partial charge in [0.25, 0.3) is 5.91 Å². The van der Waals surface area contributed by atoms with Crippen molar-refractivity contribution in [3.8, 4) is 10.6 Å². The molecule has 1 fully saturated rings. The SMILES string of the molecule is CCCCCCCCN1/C(=C\C=C2\SC(=S)N(CC)C2=O)N(c2ccccc2)c2ccc(-c3nc4ccccc4s3)cc21. The smallest absolute Gasteiger partial charge is 0.266 e. The number of hydrogen-bond donors (Lipinski definition) is 0. The third kappa shape index (κ3) is 6.14. The molecule has 43 heavy (non-hydrogen) atoms. The first kappa shape index (κ1) is 29.6. The summed E-state index contributed by atoms with van der Waals surface area (Å²) < 4.78 is 1.81. The third-order valence-corrected chi connectivity index (χ3v) is 10.4. The Morgan fingerprint density at radius 2 is 1.60 bits per heavy atom. The average molecular weight is 625 g/mol. The predicted octanol–water partition coefficient (Wildman–Crippen LogP) is 9.89. The van der Waals surface area contributed by atoms with Crippen molar-refractivity contribution in [1.29, 1.82) is 0 Å². The number of thiocarbonyl (C=S) groups is 1. The normalized spacial score (nSPS) is 16.8. The quantitative estimate of drug-likeness (QED) is 0.0940. The van der Waals surface area contributed by atoms with Crippen molar-refractivity contribution in [1.82, 2.24) is 9.88 Å². The fourth-order valence-electron chi connectivity index (χ4n) is 5.66. The highest BCUT2D eigenvalue weighted by molar-refractivity contribution is 8.26. The van der Waals surface area contributed by atoms with Crippen LogP contribution in [-0.2, 0) is 4.79 Å². The van der Waals surface area contributed by atoms with Crippen LogP contribution in [0.25, 0.3) is 20.8 Å². The van der Waals surface area contributed by atoms with Crippen molar-refractivity contribution < 1.29 is 4.79 Å². The molecule has 2 aliphatic rings. The van der Waals surface area contributed by atoms with E-state index in [0.29, 0.717) is 15.8 Å². The van der Waals surface area contributed by atoms with E-state index in [0.717, 1.165) is 51.9 Å². The number of aromatic nitrogens is 1. The van der Waals surface area contributed by atoms with Crippen LogP contribution in [0.5, 0.6) is 0 Å². The third-order valence-electron chi connectivity index (χ3n) is 7.88. The maximum absolute atomic E-state index is 13.1. The first-order valence-electron chi connectivity index (χ1n) is 15.2. The van der Waals surface area contributed by atoms with Gasteiger partial charge in [-0.05, 0) is 68.0 Å². The highest BCUT2D eigenvalue weighted by Crippen LogP contribution is 2.48. The van der Waals surface area contributed by atoms with E-state index in [1.165, 1.54) is 48.6 Å². The summed E-state index contributed by atoms with van der Waals surface area (Å²) in [5.41, 5.74) is 5.52. The zero-order valence-corrected chi connectivity index (χ0v) is 27.1. The molecule has 6 rings (SSSR count). The summed E-state index contributed by atoms with van der Waals surface area (Å²) in [6.07, 6.45) is 11.4. The van der Waals surface area contributed by atoms with Gasteiger partial charge in [-0.2, -0.15) is 0 Å². The molecular weight excluding hydrogens is 589 g/mol. The van der Waals surface area contributed by atoms with Gasteiger partial charge in [0, 0.05) is 24.3 Å². The molecule has 5 nitrogen and oxygen atoms in total. The van der Waals surface area contributed by atoms with Crippen LogP contribution in [0.1, 0.15) is 52.4 Å². The number of para-hydroxylation sites is 2. The molecule has 220 valence electrons. The molecule has 0 radical (unpaired) electrons. The van der Waals surface area contributed by atoms with E-state index >= 15 is 0 Å². The summed E-state index contributed by atoms with van der Waals surface area (Å²) in [5.74, 6) is 1.02. The van der Waals surface area contributed by atoms with E-state index in [1.54, 1.807) is 16.2 Å². The van der Waals surface area contributed by atoms with Gasteiger partial charge in [0.05, 0.1) is 26.5 Å². The highest BCUT2D eigenvalue weighted by Gasteiger charge is 2.34. The van der Waals surface area contributed by atoms with Crippen molar-refractivity contribution in [2.24, 2.45) is 0 Å². The van der Waals surface area contributed by atoms with Crippen LogP contribution < -0.4 is 9.80 Å². The molecule has 3 heterocycles. The van der Waals surface area contributed by atoms with Crippen molar-refractivity contribution in [3.05, 3.63) is 95.7 Å². The molecule has 1 saturated heterocycles. The molecule has 0 N–H and O–H groups in total. The number of nitrogens with zero attached hydrogens (tertiary/aromatic N) is 4. The number of amides is 1. The standard InChI is InChI=1S/C35H36N4OS3/c1-3-5-6-7-8-14-23-38-29-24-25(33-36-27-17-12-13-18-30(27)42-33)19-20-28(29)39(26-15-10-9-11-16-26)32(38)22-21-31-34(40)37(4-2)35(41)43-31/h9-13,15-22,24H,3-8,14,23H2,1-2H3/b31-21+,32-22+. The van der Waals surface area contributed by atoms with Gasteiger partial charge in [0.15, 0.2) is 0 Å². The Morgan fingerprint density at radius 3 is 2.37 bits per heavy atom. The van der Waals surface area contributed by atoms with Gasteiger partial charge >= 0.3 is 0 Å². The zero-order chi connectivity index (χ0) is 29.8. The van der Waals surface area contributed by atoms with E-state index in [2.05, 4.69) is 83.5 Å². The number of benzene rings is 3. The molecule has 3 aromatic carbocycles. The van der Waals surface area contributed by atoms with Crippen molar-refractivity contribution in [2.75, 3.05) is 22.9 Å². The van der Waals surface area contributed by atoms with Gasteiger partial charge < -0.3 is 4.90 Å². The van der Waals surface area contributed by atoms with Gasteiger partial charge in [0.2, 0.25) is 0 Å². The van der Waals surface area contributed by atoms with Gasteiger partial charge in [0.1, 0.15) is 15.1 Å². The van der Waals surface area contributed by atoms with E-state index in [1.807, 2.05) is 25.1 Å². The lowest BCUT2D eigenvalue weighted by atomic mass is 10.1. The van der Waals surface area contributed by atoms with Crippen LogP contribution in [-0.4, -0.2) is 33.2 Å². The highest BCUT2D eigenvalue weighted by atomic mass is 32.2. The Morgan fingerprint density at radius 1 is 0.837 bits per heavy atom. The summed E-state index contributed by atoms with van der Waals surface area (Å²) in [7, 11) is 0. The number of thiazole rings is 1. The molecule has 0 saturated carbocycles. The van der Waals surface area contributed by atoms with Gasteiger partial charge in [-0.25, -0.2) is 4.98 Å². The number of carbonyl (C=O) groups excluding carboxylic acids is 1. The maximum atomic E-state index is 13.1. The molecule has 0 bridgehead atoms. The number of hydrogen-bond acceptors (Lipinski definition) is 7. The predicted molar refractivity (Wildman–Crippen MR) is 188 cm³/mol. The minimum Gasteiger partial charge on any atom is -0.326 e. The van der Waals surface area contributed by atoms with Crippen molar-refractivity contribution in [2.45, 2.75) is 52.4 Å². The molecule has 0 spiro atoms. The van der Waals surface area contributed by atoms with Crippen molar-refractivity contribution >= 4 is 72.8 Å². The van der Waals surface area contributed by atoms with Gasteiger partial charge in [-0.15, -0.1) is 11.3 Å². The lowest BCUT2D eigenvalue weighted by molar-refractivity contribution is -0.122. The average Bonchev–Trinajstić information content (AvgIpc) is 3.68. The molecule has 2 aliphatic heterocycles. The number of unbranched alkanes of at least 4 members (excludes halogenated alkanes) is 5. The maximum Gasteiger partial charge on any atom is 0.266 e. The molecule has 8 heteroatoms. The van der Waals surface area contributed by atoms with Gasteiger partial charge in [-0.1, -0.05) is 93.3 Å². The topological polar surface area (TPSA) is 39.7 Å². The number of allylic oxidation sites excluding steroid dienone is 2. The van der Waals surface area contributed by atoms with Crippen LogP contribution >= 0.6 is 35.3 Å². The van der Waals surface area contributed by atoms with Crippen LogP contribution in [0, 0.1) is 0 Å². The van der Waals surface area contributed by atoms with E-state index < -0.39 is 0 Å². The molecule has 4 aromatic rings. The Balaban J connectivity index is 1.42. The summed E-state index contributed by atoms with van der Waals surface area (Å²) in [5, 5.41) is 1.02. The number of rotatable bonds is 11. The minimum atomic E-state index is -0.0169. The first-order valence-corrected chi connectivity index (χ1v) is 17.2. The number of fused-ring (bicyclic) bond motifs is 2. The Bertz CT molecular complexity index is 1660. The lowest BCUT2D eigenvalue weighted by Gasteiger charge is -2.25. The molecule has 0 atom stereocenters. The molecule has 0 aliphatic carbocycles. The number of likely N-dealkylation sites (N-methyl/N-ethyl adjacent to an activating group) is 1. The second-order valence-electron chi connectivity index (χ2n) is 10.8. The number of anilines is 3. The second-order valence-corrected chi connectivity index (χ2v) is 13.5. The second kappa shape index (κ2) is 13.5. The molecular formula is C35H36N4OS3. The summed E-state index contributed by atoms with van der Waals surface area (Å²) >= 11 is 8.60. The Labute approximate surface area is 267 Å². The van der Waals surface area contributed by atoms with Crippen LogP contribution in [0.3, 0.4) is 0 Å². The summed E-state index contributed by atoms with van der Waals surface area (Å²) in [6.45, 7) is 5.69. The lowest BCUT2D eigenvalue weighted by Crippen LogP contribution is -2.27. The Hall–Kier alpha value is -3.46. The fourth-order valence-corrected chi connectivity index (χ4v) is 7.95. The number of thioether (sulfide) groups is 1. The van der Waals surface area contributed by atoms with E-state index in [9.17, 15) is 4.79 Å². The van der Waals surface area contributed by atoms with Gasteiger partial charge in [-0.3, -0.25) is 14.6 Å². The van der Waals surface area contributed by atoms with Crippen LogP contribution in [0.4, 0.5) is 17.1 Å². The largest absolute Gasteiger partial charge is 0.326 e. The summed E-state index contributed by atoms with van der Waals surface area (Å²) in [4.78, 5) is 25.1. The molecule has 0 unspecified atom stereocenters. The van der Waals surface area contributed by atoms with E-state index in [4.69, 9.17) is 17.2 Å². The van der Waals surface area contributed by atoms with Crippen LogP contribution in [0.15, 0.2) is 95.7 Å². The molecule has 1 aromatic heterocycles. The number of carbonyl (C=O) groups is 1. The Kier molecular flexibility index (Phi) is 9.26. The first-order chi connectivity index (χ1) is 21.1. The van der Waals surface area contributed by atoms with Crippen LogP contribution in [0.2, 0.25) is 0 Å². The fraction of sp³-hybridized carbons (Fsp3) is 0.286. The summed E-state index contributed by atoms with van der Waals surface area (Å²) in [6, 6.07) is 25.5. The zero-order valence-electron chi connectivity index (χ0n) is 24.7. The minimum absolute atomic E-state index is 0.0169. The van der Waals surface area contributed by atoms with Crippen molar-refractivity contribution in [3.63, 3.8) is 0 Å². The monoisotopic (exact) mass is 624 g/mol.